The molecule has 7 heteroatoms. The summed E-state index contributed by atoms with van der Waals surface area (Å²) in [7, 11) is 0. The van der Waals surface area contributed by atoms with E-state index in [4.69, 9.17) is 16.3 Å². The Morgan fingerprint density at radius 3 is 2.48 bits per heavy atom. The Hall–Kier alpha value is -2.15. The van der Waals surface area contributed by atoms with Gasteiger partial charge in [0.05, 0.1) is 23.9 Å². The molecule has 2 heterocycles. The van der Waals surface area contributed by atoms with E-state index >= 15 is 0 Å². The first kappa shape index (κ1) is 15.7. The van der Waals surface area contributed by atoms with Gasteiger partial charge in [-0.25, -0.2) is 9.37 Å². The normalized spacial score (nSPS) is 11.1. The Kier molecular flexibility index (Phi) is 4.47. The van der Waals surface area contributed by atoms with Crippen molar-refractivity contribution >= 4 is 17.2 Å². The third-order valence-electron chi connectivity index (χ3n) is 3.38. The van der Waals surface area contributed by atoms with Crippen LogP contribution in [0.3, 0.4) is 0 Å². The zero-order valence-electron chi connectivity index (χ0n) is 12.0. The second-order valence-corrected chi connectivity index (χ2v) is 5.44. The number of rotatable bonds is 5. The number of aromatic nitrogens is 2. The van der Waals surface area contributed by atoms with Crippen LogP contribution in [-0.2, 0) is 19.8 Å². The Morgan fingerprint density at radius 2 is 1.83 bits per heavy atom. The molecule has 0 atom stereocenters. The summed E-state index contributed by atoms with van der Waals surface area (Å²) in [6.45, 7) is -0.660. The highest BCUT2D eigenvalue weighted by molar-refractivity contribution is 6.30. The van der Waals surface area contributed by atoms with Gasteiger partial charge in [-0.3, -0.25) is 0 Å². The first-order valence-electron chi connectivity index (χ1n) is 6.89. The van der Waals surface area contributed by atoms with E-state index in [1.165, 1.54) is 12.1 Å². The molecule has 5 nitrogen and oxygen atoms in total. The fraction of sp³-hybridized carbons (Fsp3) is 0.188. The second kappa shape index (κ2) is 6.54. The number of pyridine rings is 1. The third-order valence-corrected chi connectivity index (χ3v) is 3.60. The average Bonchev–Trinajstić information content (AvgIpc) is 2.94. The van der Waals surface area contributed by atoms with Gasteiger partial charge in [0, 0.05) is 23.5 Å². The summed E-state index contributed by atoms with van der Waals surface area (Å²) in [5.41, 5.74) is 1.92. The highest BCUT2D eigenvalue weighted by atomic mass is 35.5. The van der Waals surface area contributed by atoms with Crippen LogP contribution in [0.15, 0.2) is 36.7 Å². The quantitative estimate of drug-likeness (QED) is 0.751. The van der Waals surface area contributed by atoms with Gasteiger partial charge in [-0.15, -0.1) is 0 Å². The van der Waals surface area contributed by atoms with Crippen LogP contribution in [0, 0.1) is 5.82 Å². The van der Waals surface area contributed by atoms with Crippen molar-refractivity contribution in [2.45, 2.75) is 19.8 Å². The van der Waals surface area contributed by atoms with Crippen LogP contribution in [0.2, 0.25) is 5.02 Å². The van der Waals surface area contributed by atoms with Crippen LogP contribution in [0.25, 0.3) is 5.65 Å². The van der Waals surface area contributed by atoms with E-state index in [1.807, 2.05) is 0 Å². The fourth-order valence-corrected chi connectivity index (χ4v) is 2.53. The Labute approximate surface area is 136 Å². The van der Waals surface area contributed by atoms with Gasteiger partial charge < -0.3 is 19.4 Å². The predicted octanol–water partition coefficient (Wildman–Crippen LogP) is 2.69. The number of imidazole rings is 1. The van der Waals surface area contributed by atoms with Gasteiger partial charge in [0.15, 0.2) is 0 Å². The van der Waals surface area contributed by atoms with Crippen LogP contribution < -0.4 is 4.74 Å². The Bertz CT molecular complexity index is 825. The van der Waals surface area contributed by atoms with Crippen molar-refractivity contribution in [2.75, 3.05) is 0 Å². The second-order valence-electron chi connectivity index (χ2n) is 5.00. The molecule has 0 aliphatic heterocycles. The molecule has 3 aromatic rings. The molecule has 2 N–H and O–H groups in total. The fourth-order valence-electron chi connectivity index (χ4n) is 2.37. The number of aliphatic hydroxyl groups excluding tert-OH is 2. The van der Waals surface area contributed by atoms with Crippen molar-refractivity contribution in [3.8, 4) is 5.75 Å². The Balaban J connectivity index is 1.87. The standard InChI is InChI=1S/C16H14ClFN2O3/c17-12-1-2-15-19-14(6-20(15)5-12)9-23-16-10(7-21)3-13(18)4-11(16)8-22/h1-6,21-22H,7-9H2. The van der Waals surface area contributed by atoms with Gasteiger partial charge in [-0.05, 0) is 24.3 Å². The third kappa shape index (κ3) is 3.29. The number of halogens is 2. The van der Waals surface area contributed by atoms with E-state index in [1.54, 1.807) is 28.9 Å². The highest BCUT2D eigenvalue weighted by Crippen LogP contribution is 2.27. The molecule has 0 radical (unpaired) electrons. The number of nitrogens with zero attached hydrogens (tertiary/aromatic N) is 2. The number of hydrogen-bond acceptors (Lipinski definition) is 4. The number of fused-ring (bicyclic) bond motifs is 1. The molecule has 0 amide bonds. The van der Waals surface area contributed by atoms with Crippen molar-refractivity contribution in [1.29, 1.82) is 0 Å². The lowest BCUT2D eigenvalue weighted by molar-refractivity contribution is 0.240. The van der Waals surface area contributed by atoms with Crippen LogP contribution in [0.4, 0.5) is 4.39 Å². The lowest BCUT2D eigenvalue weighted by Gasteiger charge is -2.13. The zero-order chi connectivity index (χ0) is 16.4. The maximum atomic E-state index is 13.4. The number of ether oxygens (including phenoxy) is 1. The summed E-state index contributed by atoms with van der Waals surface area (Å²) < 4.78 is 20.8. The summed E-state index contributed by atoms with van der Waals surface area (Å²) in [6, 6.07) is 5.88. The average molecular weight is 337 g/mol. The van der Waals surface area contributed by atoms with E-state index in [0.717, 1.165) is 5.65 Å². The molecule has 0 spiro atoms. The summed E-state index contributed by atoms with van der Waals surface area (Å²) in [6.07, 6.45) is 3.49. The van der Waals surface area contributed by atoms with Crippen LogP contribution in [0.1, 0.15) is 16.8 Å². The van der Waals surface area contributed by atoms with Crippen LogP contribution in [0.5, 0.6) is 5.75 Å². The van der Waals surface area contributed by atoms with Crippen molar-refractivity contribution in [2.24, 2.45) is 0 Å². The topological polar surface area (TPSA) is 67.0 Å². The molecule has 1 aromatic carbocycles. The van der Waals surface area contributed by atoms with Gasteiger partial charge in [0.1, 0.15) is 23.8 Å². The largest absolute Gasteiger partial charge is 0.486 e. The number of benzene rings is 1. The van der Waals surface area contributed by atoms with Gasteiger partial charge in [0.2, 0.25) is 0 Å². The van der Waals surface area contributed by atoms with Gasteiger partial charge in [-0.1, -0.05) is 11.6 Å². The first-order valence-corrected chi connectivity index (χ1v) is 7.27. The molecule has 0 fully saturated rings. The summed E-state index contributed by atoms with van der Waals surface area (Å²) in [5, 5.41) is 19.3. The lowest BCUT2D eigenvalue weighted by atomic mass is 10.1. The molecule has 2 aromatic heterocycles. The minimum atomic E-state index is -0.534. The summed E-state index contributed by atoms with van der Waals surface area (Å²) in [4.78, 5) is 4.38. The van der Waals surface area contributed by atoms with E-state index in [9.17, 15) is 14.6 Å². The maximum absolute atomic E-state index is 13.4. The van der Waals surface area contributed by atoms with Crippen molar-refractivity contribution in [3.63, 3.8) is 0 Å². The molecule has 120 valence electrons. The number of aliphatic hydroxyl groups is 2. The van der Waals surface area contributed by atoms with Crippen LogP contribution >= 0.6 is 11.6 Å². The molecule has 23 heavy (non-hydrogen) atoms. The van der Waals surface area contributed by atoms with Crippen molar-refractivity contribution in [3.05, 3.63) is 64.3 Å². The molecular formula is C16H14ClFN2O3. The van der Waals surface area contributed by atoms with Crippen molar-refractivity contribution in [1.82, 2.24) is 9.38 Å². The molecule has 0 unspecified atom stereocenters. The highest BCUT2D eigenvalue weighted by Gasteiger charge is 2.13. The van der Waals surface area contributed by atoms with Gasteiger partial charge in [0.25, 0.3) is 0 Å². The number of hydrogen-bond donors (Lipinski definition) is 2. The van der Waals surface area contributed by atoms with Crippen LogP contribution in [-0.4, -0.2) is 19.6 Å². The minimum Gasteiger partial charge on any atom is -0.486 e. The lowest BCUT2D eigenvalue weighted by Crippen LogP contribution is -2.04. The molecule has 0 bridgehead atoms. The SMILES string of the molecule is OCc1cc(F)cc(CO)c1OCc1cn2cc(Cl)ccc2n1. The molecule has 0 aliphatic carbocycles. The van der Waals surface area contributed by atoms with Gasteiger partial charge in [-0.2, -0.15) is 0 Å². The summed E-state index contributed by atoms with van der Waals surface area (Å²) in [5.74, 6) is -0.265. The Morgan fingerprint density at radius 1 is 1.13 bits per heavy atom. The van der Waals surface area contributed by atoms with Gasteiger partial charge >= 0.3 is 0 Å². The molecule has 0 saturated carbocycles. The first-order chi connectivity index (χ1) is 11.1. The molecule has 0 aliphatic rings. The van der Waals surface area contributed by atoms with Crippen molar-refractivity contribution < 1.29 is 19.3 Å². The zero-order valence-corrected chi connectivity index (χ0v) is 12.8. The summed E-state index contributed by atoms with van der Waals surface area (Å²) >= 11 is 5.92. The molecular weight excluding hydrogens is 323 g/mol. The molecule has 0 saturated heterocycles. The molecule has 3 rings (SSSR count). The minimum absolute atomic E-state index is 0.116. The van der Waals surface area contributed by atoms with E-state index in [-0.39, 0.29) is 36.7 Å². The smallest absolute Gasteiger partial charge is 0.137 e. The van der Waals surface area contributed by atoms with E-state index in [2.05, 4.69) is 4.98 Å². The van der Waals surface area contributed by atoms with E-state index < -0.39 is 5.82 Å². The maximum Gasteiger partial charge on any atom is 0.137 e. The van der Waals surface area contributed by atoms with E-state index in [0.29, 0.717) is 10.7 Å². The monoisotopic (exact) mass is 336 g/mol. The predicted molar refractivity (Wildman–Crippen MR) is 82.8 cm³/mol.